The highest BCUT2D eigenvalue weighted by molar-refractivity contribution is 6.31. The summed E-state index contributed by atoms with van der Waals surface area (Å²) in [6, 6.07) is 5.60. The minimum atomic E-state index is -0.0173. The molecule has 2 aromatic rings. The fraction of sp³-hybridized carbons (Fsp3) is 0.400. The van der Waals surface area contributed by atoms with Gasteiger partial charge in [-0.2, -0.15) is 0 Å². The van der Waals surface area contributed by atoms with Gasteiger partial charge in [-0.05, 0) is 36.6 Å². The molecule has 1 aromatic heterocycles. The zero-order valence-electron chi connectivity index (χ0n) is 11.1. The molecule has 3 rings (SSSR count). The van der Waals surface area contributed by atoms with Crippen LogP contribution in [0, 0.1) is 0 Å². The van der Waals surface area contributed by atoms with Crippen LogP contribution in [0.15, 0.2) is 24.4 Å². The maximum atomic E-state index is 12.4. The van der Waals surface area contributed by atoms with Gasteiger partial charge in [0.05, 0.1) is 19.1 Å². The van der Waals surface area contributed by atoms with Gasteiger partial charge in [-0.1, -0.05) is 11.6 Å². The zero-order chi connectivity index (χ0) is 14.1. The number of H-pyrrole nitrogens is 1. The number of hydrogen-bond donors (Lipinski definition) is 2. The number of amides is 1. The van der Waals surface area contributed by atoms with Gasteiger partial charge in [0.15, 0.2) is 0 Å². The number of likely N-dealkylation sites (tertiary alicyclic amines) is 1. The third-order valence-electron chi connectivity index (χ3n) is 3.98. The third kappa shape index (κ3) is 2.41. The van der Waals surface area contributed by atoms with E-state index >= 15 is 0 Å². The summed E-state index contributed by atoms with van der Waals surface area (Å²) in [5.74, 6) is 0.0717. The number of hydrogen-bond acceptors (Lipinski definition) is 2. The molecule has 1 aromatic carbocycles. The molecule has 1 atom stereocenters. The lowest BCUT2D eigenvalue weighted by atomic mass is 10.1. The predicted octanol–water partition coefficient (Wildman–Crippen LogP) is 2.35. The molecule has 5 heteroatoms. The Bertz CT molecular complexity index is 638. The largest absolute Gasteiger partial charge is 0.394 e. The lowest BCUT2D eigenvalue weighted by molar-refractivity contribution is -0.131. The van der Waals surface area contributed by atoms with Crippen molar-refractivity contribution in [3.05, 3.63) is 35.0 Å². The number of aromatic nitrogens is 1. The van der Waals surface area contributed by atoms with Crippen molar-refractivity contribution in [1.29, 1.82) is 0 Å². The molecule has 1 fully saturated rings. The van der Waals surface area contributed by atoms with E-state index in [2.05, 4.69) is 4.98 Å². The van der Waals surface area contributed by atoms with Crippen molar-refractivity contribution >= 4 is 28.4 Å². The Hall–Kier alpha value is -1.52. The minimum absolute atomic E-state index is 0.0173. The molecular formula is C15H17ClN2O2. The van der Waals surface area contributed by atoms with Crippen LogP contribution in [0.1, 0.15) is 18.4 Å². The average molecular weight is 293 g/mol. The number of benzene rings is 1. The highest BCUT2D eigenvalue weighted by Gasteiger charge is 2.28. The Morgan fingerprint density at radius 2 is 2.35 bits per heavy atom. The first kappa shape index (κ1) is 13.5. The van der Waals surface area contributed by atoms with Gasteiger partial charge in [0.1, 0.15) is 0 Å². The Morgan fingerprint density at radius 3 is 3.15 bits per heavy atom. The Kier molecular flexibility index (Phi) is 3.68. The van der Waals surface area contributed by atoms with Crippen molar-refractivity contribution in [1.82, 2.24) is 9.88 Å². The first-order valence-electron chi connectivity index (χ1n) is 6.85. The Balaban J connectivity index is 1.82. The average Bonchev–Trinajstić information content (AvgIpc) is 3.05. The van der Waals surface area contributed by atoms with E-state index in [0.717, 1.165) is 35.9 Å². The zero-order valence-corrected chi connectivity index (χ0v) is 11.9. The van der Waals surface area contributed by atoms with E-state index in [1.807, 2.05) is 24.4 Å². The molecule has 1 amide bonds. The van der Waals surface area contributed by atoms with Crippen molar-refractivity contribution in [2.24, 2.45) is 0 Å². The summed E-state index contributed by atoms with van der Waals surface area (Å²) >= 11 is 6.01. The molecule has 106 valence electrons. The van der Waals surface area contributed by atoms with E-state index < -0.39 is 0 Å². The molecule has 1 aliphatic rings. The summed E-state index contributed by atoms with van der Waals surface area (Å²) in [5, 5.41) is 11.0. The number of carbonyl (C=O) groups excluding carboxylic acids is 1. The van der Waals surface area contributed by atoms with Crippen molar-refractivity contribution in [3.63, 3.8) is 0 Å². The lowest BCUT2D eigenvalue weighted by Crippen LogP contribution is -2.38. The molecule has 20 heavy (non-hydrogen) atoms. The van der Waals surface area contributed by atoms with Gasteiger partial charge in [-0.15, -0.1) is 0 Å². The standard InChI is InChI=1S/C15H17ClN2O2/c16-11-3-4-14-13(7-11)10(8-17-14)6-15(20)18-5-1-2-12(18)9-19/h3-4,7-8,12,17,19H,1-2,5-6,9H2/t12-/m1/s1. The SMILES string of the molecule is O=C(Cc1c[nH]c2ccc(Cl)cc12)N1CCC[C@@H]1CO. The van der Waals surface area contributed by atoms with E-state index in [9.17, 15) is 9.90 Å². The van der Waals surface area contributed by atoms with Gasteiger partial charge in [0.2, 0.25) is 5.91 Å². The maximum Gasteiger partial charge on any atom is 0.227 e. The molecule has 2 heterocycles. The normalized spacial score (nSPS) is 18.9. The molecule has 0 aliphatic carbocycles. The topological polar surface area (TPSA) is 56.3 Å². The Morgan fingerprint density at radius 1 is 1.50 bits per heavy atom. The van der Waals surface area contributed by atoms with Crippen LogP contribution >= 0.6 is 11.6 Å². The van der Waals surface area contributed by atoms with Crippen LogP contribution in [0.2, 0.25) is 5.02 Å². The second-order valence-corrected chi connectivity index (χ2v) is 5.68. The predicted molar refractivity (Wildman–Crippen MR) is 78.8 cm³/mol. The van der Waals surface area contributed by atoms with Gasteiger partial charge < -0.3 is 15.0 Å². The molecule has 0 unspecified atom stereocenters. The van der Waals surface area contributed by atoms with E-state index in [1.54, 1.807) is 4.90 Å². The fourth-order valence-corrected chi connectivity index (χ4v) is 3.09. The van der Waals surface area contributed by atoms with Crippen molar-refractivity contribution in [2.45, 2.75) is 25.3 Å². The fourth-order valence-electron chi connectivity index (χ4n) is 2.92. The summed E-state index contributed by atoms with van der Waals surface area (Å²) in [6.45, 7) is 0.790. The highest BCUT2D eigenvalue weighted by atomic mass is 35.5. The minimum Gasteiger partial charge on any atom is -0.394 e. The van der Waals surface area contributed by atoms with Crippen molar-refractivity contribution in [2.75, 3.05) is 13.2 Å². The third-order valence-corrected chi connectivity index (χ3v) is 4.21. The van der Waals surface area contributed by atoms with E-state index in [0.29, 0.717) is 11.4 Å². The second kappa shape index (κ2) is 5.46. The van der Waals surface area contributed by atoms with Crippen molar-refractivity contribution < 1.29 is 9.90 Å². The second-order valence-electron chi connectivity index (χ2n) is 5.25. The quantitative estimate of drug-likeness (QED) is 0.912. The molecule has 2 N–H and O–H groups in total. The maximum absolute atomic E-state index is 12.4. The van der Waals surface area contributed by atoms with Gasteiger partial charge >= 0.3 is 0 Å². The van der Waals surface area contributed by atoms with Crippen LogP contribution in [0.5, 0.6) is 0 Å². The number of aliphatic hydroxyl groups excluding tert-OH is 1. The van der Waals surface area contributed by atoms with Crippen LogP contribution in [0.3, 0.4) is 0 Å². The van der Waals surface area contributed by atoms with Gasteiger partial charge in [-0.25, -0.2) is 0 Å². The number of fused-ring (bicyclic) bond motifs is 1. The highest BCUT2D eigenvalue weighted by Crippen LogP contribution is 2.24. The molecule has 0 radical (unpaired) electrons. The first-order valence-corrected chi connectivity index (χ1v) is 7.22. The molecule has 0 bridgehead atoms. The van der Waals surface area contributed by atoms with E-state index in [1.165, 1.54) is 0 Å². The first-order chi connectivity index (χ1) is 9.69. The van der Waals surface area contributed by atoms with Crippen LogP contribution in [-0.2, 0) is 11.2 Å². The number of nitrogens with zero attached hydrogens (tertiary/aromatic N) is 1. The van der Waals surface area contributed by atoms with Crippen LogP contribution in [0.4, 0.5) is 0 Å². The summed E-state index contributed by atoms with van der Waals surface area (Å²) in [7, 11) is 0. The number of nitrogens with one attached hydrogen (secondary N) is 1. The molecule has 1 saturated heterocycles. The molecular weight excluding hydrogens is 276 g/mol. The Labute approximate surface area is 122 Å². The number of halogens is 1. The summed E-state index contributed by atoms with van der Waals surface area (Å²) < 4.78 is 0. The van der Waals surface area contributed by atoms with Crippen LogP contribution in [0.25, 0.3) is 10.9 Å². The number of rotatable bonds is 3. The van der Waals surface area contributed by atoms with Gasteiger partial charge in [-0.3, -0.25) is 4.79 Å². The molecule has 0 spiro atoms. The van der Waals surface area contributed by atoms with Crippen LogP contribution < -0.4 is 0 Å². The number of carbonyl (C=O) groups is 1. The molecule has 4 nitrogen and oxygen atoms in total. The lowest BCUT2D eigenvalue weighted by Gasteiger charge is -2.22. The summed E-state index contributed by atoms with van der Waals surface area (Å²) in [4.78, 5) is 17.3. The van der Waals surface area contributed by atoms with Crippen molar-refractivity contribution in [3.8, 4) is 0 Å². The molecule has 1 aliphatic heterocycles. The summed E-state index contributed by atoms with van der Waals surface area (Å²) in [6.07, 6.45) is 4.07. The number of aliphatic hydroxyl groups is 1. The van der Waals surface area contributed by atoms with E-state index in [4.69, 9.17) is 11.6 Å². The van der Waals surface area contributed by atoms with Crippen LogP contribution in [-0.4, -0.2) is 40.1 Å². The number of aromatic amines is 1. The summed E-state index contributed by atoms with van der Waals surface area (Å²) in [5.41, 5.74) is 1.94. The monoisotopic (exact) mass is 292 g/mol. The van der Waals surface area contributed by atoms with Gasteiger partial charge in [0, 0.05) is 28.7 Å². The molecule has 0 saturated carbocycles. The van der Waals surface area contributed by atoms with Gasteiger partial charge in [0.25, 0.3) is 0 Å². The van der Waals surface area contributed by atoms with E-state index in [-0.39, 0.29) is 18.6 Å². The smallest absolute Gasteiger partial charge is 0.227 e.